The number of benzene rings is 2. The molecular weight excluding hydrogens is 446 g/mol. The molecule has 0 spiro atoms. The van der Waals surface area contributed by atoms with Gasteiger partial charge in [0.1, 0.15) is 18.1 Å². The molecule has 1 heterocycles. The van der Waals surface area contributed by atoms with E-state index in [0.717, 1.165) is 5.56 Å². The zero-order valence-corrected chi connectivity index (χ0v) is 20.7. The minimum Gasteiger partial charge on any atom is -0.465 e. The summed E-state index contributed by atoms with van der Waals surface area (Å²) < 4.78 is 6.50. The minimum absolute atomic E-state index is 0.0196. The highest BCUT2D eigenvalue weighted by atomic mass is 16.5. The predicted molar refractivity (Wildman–Crippen MR) is 135 cm³/mol. The summed E-state index contributed by atoms with van der Waals surface area (Å²) >= 11 is 0. The number of fused-ring (bicyclic) bond motifs is 1. The lowest BCUT2D eigenvalue weighted by Gasteiger charge is -2.29. The van der Waals surface area contributed by atoms with E-state index in [4.69, 9.17) is 15.9 Å². The van der Waals surface area contributed by atoms with Gasteiger partial charge in [0.05, 0.1) is 23.1 Å². The highest BCUT2D eigenvalue weighted by Crippen LogP contribution is 2.28. The lowest BCUT2D eigenvalue weighted by molar-refractivity contribution is -0.149. The van der Waals surface area contributed by atoms with Crippen LogP contribution in [0.3, 0.4) is 0 Å². The van der Waals surface area contributed by atoms with Gasteiger partial charge in [-0.3, -0.25) is 19.8 Å². The first-order valence-electron chi connectivity index (χ1n) is 11.3. The Hall–Kier alpha value is -4.01. The molecule has 0 bridgehead atoms. The number of aryl methyl sites for hydroxylation is 1. The van der Waals surface area contributed by atoms with Gasteiger partial charge in [0.2, 0.25) is 5.91 Å². The average molecular weight is 478 g/mol. The van der Waals surface area contributed by atoms with Gasteiger partial charge in [0.25, 0.3) is 5.56 Å². The van der Waals surface area contributed by atoms with Gasteiger partial charge in [-0.15, -0.1) is 0 Å². The van der Waals surface area contributed by atoms with Crippen molar-refractivity contribution in [3.05, 3.63) is 75.2 Å². The SMILES string of the molecule is CCOC(=O)CN(C)C(=O)C(C)(C)c1ccc2c(c1)nc(Cc1ccc(C(=N)N)cc1)c(=O)n2C. The number of carbonyl (C=O) groups excluding carboxylic acids is 2. The quantitative estimate of drug-likeness (QED) is 0.290. The van der Waals surface area contributed by atoms with E-state index in [1.54, 1.807) is 63.7 Å². The van der Waals surface area contributed by atoms with Crippen LogP contribution in [0, 0.1) is 5.41 Å². The molecule has 0 unspecified atom stereocenters. The lowest BCUT2D eigenvalue weighted by Crippen LogP contribution is -2.43. The largest absolute Gasteiger partial charge is 0.465 e. The second kappa shape index (κ2) is 10.1. The second-order valence-corrected chi connectivity index (χ2v) is 9.00. The second-order valence-electron chi connectivity index (χ2n) is 9.00. The topological polar surface area (TPSA) is 131 Å². The summed E-state index contributed by atoms with van der Waals surface area (Å²) in [5, 5.41) is 7.52. The number of esters is 1. The molecule has 3 N–H and O–H groups in total. The standard InChI is InChI=1S/C26H31N5O4/c1-6-35-22(32)15-30(4)25(34)26(2,3)18-11-12-21-19(14-18)29-20(24(33)31(21)5)13-16-7-9-17(10-8-16)23(27)28/h7-12,14H,6,13,15H2,1-5H3,(H3,27,28). The van der Waals surface area contributed by atoms with Crippen molar-refractivity contribution in [2.75, 3.05) is 20.2 Å². The summed E-state index contributed by atoms with van der Waals surface area (Å²) in [6.07, 6.45) is 0.315. The Kier molecular flexibility index (Phi) is 7.38. The van der Waals surface area contributed by atoms with E-state index in [1.165, 1.54) is 4.90 Å². The number of amides is 1. The van der Waals surface area contributed by atoms with Crippen molar-refractivity contribution in [3.63, 3.8) is 0 Å². The van der Waals surface area contributed by atoms with Crippen LogP contribution in [-0.2, 0) is 33.2 Å². The summed E-state index contributed by atoms with van der Waals surface area (Å²) in [6, 6.07) is 12.5. The maximum absolute atomic E-state index is 13.2. The number of hydrogen-bond acceptors (Lipinski definition) is 6. The Labute approximate surface area is 204 Å². The van der Waals surface area contributed by atoms with E-state index in [0.29, 0.717) is 34.3 Å². The van der Waals surface area contributed by atoms with Crippen LogP contribution in [0.2, 0.25) is 0 Å². The molecule has 3 rings (SSSR count). The van der Waals surface area contributed by atoms with Crippen LogP contribution < -0.4 is 11.3 Å². The normalized spacial score (nSPS) is 11.3. The zero-order chi connectivity index (χ0) is 25.9. The van der Waals surface area contributed by atoms with E-state index < -0.39 is 11.4 Å². The smallest absolute Gasteiger partial charge is 0.325 e. The Balaban J connectivity index is 1.95. The summed E-state index contributed by atoms with van der Waals surface area (Å²) in [5.74, 6) is -0.718. The highest BCUT2D eigenvalue weighted by Gasteiger charge is 2.33. The van der Waals surface area contributed by atoms with Crippen LogP contribution >= 0.6 is 0 Å². The van der Waals surface area contributed by atoms with Gasteiger partial charge in [0.15, 0.2) is 0 Å². The summed E-state index contributed by atoms with van der Waals surface area (Å²) in [5.41, 5.74) is 8.18. The van der Waals surface area contributed by atoms with Gasteiger partial charge in [-0.25, -0.2) is 4.98 Å². The van der Waals surface area contributed by atoms with E-state index in [1.807, 2.05) is 18.2 Å². The molecule has 0 aliphatic carbocycles. The fraction of sp³-hybridized carbons (Fsp3) is 0.346. The Morgan fingerprint density at radius 2 is 1.83 bits per heavy atom. The molecule has 0 atom stereocenters. The number of hydrogen-bond donors (Lipinski definition) is 2. The van der Waals surface area contributed by atoms with Gasteiger partial charge in [-0.05, 0) is 44.0 Å². The number of rotatable bonds is 8. The van der Waals surface area contributed by atoms with Crippen LogP contribution in [0.1, 0.15) is 43.2 Å². The van der Waals surface area contributed by atoms with Crippen molar-refractivity contribution in [3.8, 4) is 0 Å². The number of nitrogens with two attached hydrogens (primary N) is 1. The summed E-state index contributed by atoms with van der Waals surface area (Å²) in [7, 11) is 3.26. The molecular formula is C26H31N5O4. The number of nitrogens with zero attached hydrogens (tertiary/aromatic N) is 3. The van der Waals surface area contributed by atoms with Gasteiger partial charge < -0.3 is 19.9 Å². The third-order valence-corrected chi connectivity index (χ3v) is 6.05. The van der Waals surface area contributed by atoms with Gasteiger partial charge in [-0.2, -0.15) is 0 Å². The maximum Gasteiger partial charge on any atom is 0.325 e. The molecule has 9 nitrogen and oxygen atoms in total. The van der Waals surface area contributed by atoms with Crippen LogP contribution in [0.15, 0.2) is 47.3 Å². The first kappa shape index (κ1) is 25.6. The molecule has 0 saturated carbocycles. The third kappa shape index (κ3) is 5.40. The first-order valence-corrected chi connectivity index (χ1v) is 11.3. The van der Waals surface area contributed by atoms with Crippen molar-refractivity contribution in [2.24, 2.45) is 12.8 Å². The van der Waals surface area contributed by atoms with Crippen molar-refractivity contribution in [1.29, 1.82) is 5.41 Å². The molecule has 0 aliphatic heterocycles. The van der Waals surface area contributed by atoms with Gasteiger partial charge >= 0.3 is 5.97 Å². The number of aromatic nitrogens is 2. The maximum atomic E-state index is 13.2. The van der Waals surface area contributed by atoms with E-state index >= 15 is 0 Å². The van der Waals surface area contributed by atoms with E-state index in [2.05, 4.69) is 4.98 Å². The number of ether oxygens (including phenoxy) is 1. The molecule has 0 fully saturated rings. The minimum atomic E-state index is -0.936. The van der Waals surface area contributed by atoms with Crippen LogP contribution in [0.25, 0.3) is 11.0 Å². The number of carbonyl (C=O) groups is 2. The van der Waals surface area contributed by atoms with Crippen molar-refractivity contribution >= 4 is 28.7 Å². The number of nitrogens with one attached hydrogen (secondary N) is 1. The van der Waals surface area contributed by atoms with Crippen LogP contribution in [-0.4, -0.2) is 52.4 Å². The van der Waals surface area contributed by atoms with E-state index in [-0.39, 0.29) is 30.5 Å². The molecule has 0 radical (unpaired) electrons. The average Bonchev–Trinajstić information content (AvgIpc) is 2.81. The fourth-order valence-corrected chi connectivity index (χ4v) is 3.96. The summed E-state index contributed by atoms with van der Waals surface area (Å²) in [6.45, 7) is 5.41. The Bertz CT molecular complexity index is 1340. The molecule has 35 heavy (non-hydrogen) atoms. The monoisotopic (exact) mass is 477 g/mol. The first-order chi connectivity index (χ1) is 16.4. The van der Waals surface area contributed by atoms with Crippen molar-refractivity contribution in [2.45, 2.75) is 32.6 Å². The Morgan fingerprint density at radius 1 is 1.17 bits per heavy atom. The molecule has 1 aromatic heterocycles. The molecule has 0 aliphatic rings. The molecule has 184 valence electrons. The summed E-state index contributed by atoms with van der Waals surface area (Å²) in [4.78, 5) is 43.9. The molecule has 2 aromatic carbocycles. The molecule has 9 heteroatoms. The zero-order valence-electron chi connectivity index (χ0n) is 20.7. The molecule has 3 aromatic rings. The fourth-order valence-electron chi connectivity index (χ4n) is 3.96. The van der Waals surface area contributed by atoms with Crippen molar-refractivity contribution < 1.29 is 14.3 Å². The molecule has 0 saturated heterocycles. The number of likely N-dealkylation sites (N-methyl/N-ethyl adjacent to an activating group) is 1. The highest BCUT2D eigenvalue weighted by molar-refractivity contribution is 5.95. The molecule has 1 amide bonds. The van der Waals surface area contributed by atoms with E-state index in [9.17, 15) is 14.4 Å². The van der Waals surface area contributed by atoms with Crippen LogP contribution in [0.4, 0.5) is 0 Å². The van der Waals surface area contributed by atoms with Crippen LogP contribution in [0.5, 0.6) is 0 Å². The third-order valence-electron chi connectivity index (χ3n) is 6.05. The lowest BCUT2D eigenvalue weighted by atomic mass is 9.83. The van der Waals surface area contributed by atoms with Gasteiger partial charge in [0, 0.05) is 26.1 Å². The predicted octanol–water partition coefficient (Wildman–Crippen LogP) is 2.11. The van der Waals surface area contributed by atoms with Crippen molar-refractivity contribution in [1.82, 2.24) is 14.5 Å². The Morgan fingerprint density at radius 3 is 2.43 bits per heavy atom. The van der Waals surface area contributed by atoms with Gasteiger partial charge in [-0.1, -0.05) is 30.3 Å². The number of amidine groups is 1. The number of nitrogen functional groups attached to an aromatic ring is 1.